The van der Waals surface area contributed by atoms with E-state index < -0.39 is 0 Å². The van der Waals surface area contributed by atoms with Gasteiger partial charge in [0.15, 0.2) is 0 Å². The maximum Gasteiger partial charge on any atom is 0.224 e. The second-order valence-corrected chi connectivity index (χ2v) is 6.40. The lowest BCUT2D eigenvalue weighted by Gasteiger charge is -2.13. The Kier molecular flexibility index (Phi) is 4.36. The Bertz CT molecular complexity index is 674. The average Bonchev–Trinajstić information content (AvgIpc) is 3.11. The van der Waals surface area contributed by atoms with Gasteiger partial charge >= 0.3 is 0 Å². The predicted molar refractivity (Wildman–Crippen MR) is 84.9 cm³/mol. The van der Waals surface area contributed by atoms with Gasteiger partial charge in [-0.05, 0) is 30.9 Å². The molecule has 1 fully saturated rings. The first-order valence-corrected chi connectivity index (χ1v) is 7.88. The van der Waals surface area contributed by atoms with Crippen LogP contribution in [0.2, 0.25) is 10.0 Å². The first kappa shape index (κ1) is 15.3. The van der Waals surface area contributed by atoms with E-state index in [1.807, 2.05) is 19.1 Å². The van der Waals surface area contributed by atoms with Crippen LogP contribution in [0, 0.1) is 5.92 Å². The molecule has 22 heavy (non-hydrogen) atoms. The van der Waals surface area contributed by atoms with Crippen molar-refractivity contribution in [2.45, 2.75) is 31.8 Å². The molecule has 7 heteroatoms. The van der Waals surface area contributed by atoms with E-state index in [9.17, 15) is 4.79 Å². The Morgan fingerprint density at radius 2 is 2.32 bits per heavy atom. The molecule has 2 aromatic rings. The fraction of sp³-hybridized carbons (Fsp3) is 0.400. The summed E-state index contributed by atoms with van der Waals surface area (Å²) in [7, 11) is 0. The molecule has 1 aromatic heterocycles. The maximum atomic E-state index is 12.3. The molecule has 0 bridgehead atoms. The minimum absolute atomic E-state index is 0.00900. The molecule has 0 aliphatic heterocycles. The van der Waals surface area contributed by atoms with Crippen molar-refractivity contribution in [3.8, 4) is 0 Å². The van der Waals surface area contributed by atoms with E-state index in [4.69, 9.17) is 23.2 Å². The molecule has 3 rings (SSSR count). The number of halogens is 2. The molecule has 1 aromatic carbocycles. The van der Waals surface area contributed by atoms with Crippen LogP contribution in [0.5, 0.6) is 0 Å². The summed E-state index contributed by atoms with van der Waals surface area (Å²) in [6.45, 7) is 2.55. The van der Waals surface area contributed by atoms with Crippen LogP contribution >= 0.6 is 23.2 Å². The minimum atomic E-state index is -0.0332. The molecule has 0 saturated heterocycles. The van der Waals surface area contributed by atoms with Gasteiger partial charge in [0.1, 0.15) is 12.7 Å². The number of nitrogens with zero attached hydrogens (tertiary/aromatic N) is 3. The zero-order valence-electron chi connectivity index (χ0n) is 12.0. The number of carbonyl (C=O) groups is 1. The molecule has 3 atom stereocenters. The molecule has 1 saturated carbocycles. The van der Waals surface area contributed by atoms with E-state index in [1.165, 1.54) is 6.33 Å². The van der Waals surface area contributed by atoms with E-state index in [0.717, 1.165) is 12.0 Å². The van der Waals surface area contributed by atoms with Crippen molar-refractivity contribution < 1.29 is 4.79 Å². The van der Waals surface area contributed by atoms with Crippen molar-refractivity contribution in [2.75, 3.05) is 0 Å². The number of hydrogen-bond acceptors (Lipinski definition) is 3. The number of nitrogens with one attached hydrogen (secondary N) is 1. The van der Waals surface area contributed by atoms with Crippen LogP contribution in [-0.2, 0) is 11.3 Å². The highest BCUT2D eigenvalue weighted by Crippen LogP contribution is 2.50. The number of rotatable bonds is 5. The van der Waals surface area contributed by atoms with Gasteiger partial charge in [-0.25, -0.2) is 4.98 Å². The van der Waals surface area contributed by atoms with Crippen LogP contribution in [0.1, 0.15) is 24.8 Å². The van der Waals surface area contributed by atoms with Gasteiger partial charge in [-0.3, -0.25) is 9.48 Å². The van der Waals surface area contributed by atoms with Gasteiger partial charge in [0.2, 0.25) is 5.91 Å². The molecule has 0 spiro atoms. The number of benzene rings is 1. The molecule has 5 nitrogen and oxygen atoms in total. The molecule has 1 amide bonds. The molecule has 1 N–H and O–H groups in total. The van der Waals surface area contributed by atoms with Crippen LogP contribution in [0.3, 0.4) is 0 Å². The first-order chi connectivity index (χ1) is 10.6. The van der Waals surface area contributed by atoms with Crippen molar-refractivity contribution in [2.24, 2.45) is 5.92 Å². The van der Waals surface area contributed by atoms with E-state index in [2.05, 4.69) is 15.4 Å². The fourth-order valence-corrected chi connectivity index (χ4v) is 3.09. The Hall–Kier alpha value is -1.59. The Morgan fingerprint density at radius 1 is 1.50 bits per heavy atom. The van der Waals surface area contributed by atoms with Crippen LogP contribution in [0.4, 0.5) is 0 Å². The third-order valence-electron chi connectivity index (χ3n) is 3.82. The number of amides is 1. The number of aromatic nitrogens is 3. The van der Waals surface area contributed by atoms with Crippen LogP contribution in [0.25, 0.3) is 0 Å². The number of hydrogen-bond donors (Lipinski definition) is 1. The largest absolute Gasteiger partial charge is 0.352 e. The van der Waals surface area contributed by atoms with E-state index in [1.54, 1.807) is 17.1 Å². The van der Waals surface area contributed by atoms with Gasteiger partial charge in [-0.1, -0.05) is 35.3 Å². The average molecular weight is 339 g/mol. The van der Waals surface area contributed by atoms with E-state index >= 15 is 0 Å². The Balaban J connectivity index is 1.57. The summed E-state index contributed by atoms with van der Waals surface area (Å²) in [5.74, 6) is 0.174. The first-order valence-electron chi connectivity index (χ1n) is 7.13. The molecular weight excluding hydrogens is 323 g/mol. The number of carbonyl (C=O) groups excluding carboxylic acids is 1. The van der Waals surface area contributed by atoms with Gasteiger partial charge in [0.25, 0.3) is 0 Å². The quantitative estimate of drug-likeness (QED) is 0.911. The zero-order chi connectivity index (χ0) is 15.7. The van der Waals surface area contributed by atoms with Gasteiger partial charge in [0.05, 0.1) is 16.6 Å². The van der Waals surface area contributed by atoms with Crippen molar-refractivity contribution in [3.63, 3.8) is 0 Å². The highest BCUT2D eigenvalue weighted by atomic mass is 35.5. The van der Waals surface area contributed by atoms with Crippen molar-refractivity contribution in [3.05, 3.63) is 46.5 Å². The van der Waals surface area contributed by atoms with Crippen molar-refractivity contribution >= 4 is 29.1 Å². The van der Waals surface area contributed by atoms with Gasteiger partial charge in [-0.2, -0.15) is 5.10 Å². The van der Waals surface area contributed by atoms with Gasteiger partial charge in [-0.15, -0.1) is 0 Å². The van der Waals surface area contributed by atoms with Gasteiger partial charge < -0.3 is 5.32 Å². The van der Waals surface area contributed by atoms with Crippen molar-refractivity contribution in [1.82, 2.24) is 20.1 Å². The summed E-state index contributed by atoms with van der Waals surface area (Å²) in [6, 6.07) is 5.55. The fourth-order valence-electron chi connectivity index (χ4n) is 2.64. The SMILES string of the molecule is C[C@H](Cn1cncn1)NC(=O)[C@H]1C[C@@H]1c1cccc(Cl)c1Cl. The summed E-state index contributed by atoms with van der Waals surface area (Å²) in [4.78, 5) is 16.2. The monoisotopic (exact) mass is 338 g/mol. The molecule has 1 aliphatic rings. The molecule has 116 valence electrons. The standard InChI is InChI=1S/C15H16Cl2N4O/c1-9(6-21-8-18-7-19-21)20-15(22)12-5-11(12)10-3-2-4-13(16)14(10)17/h2-4,7-9,11-12H,5-6H2,1H3,(H,20,22)/t9-,11-,12+/m1/s1. The summed E-state index contributed by atoms with van der Waals surface area (Å²) >= 11 is 12.2. The third-order valence-corrected chi connectivity index (χ3v) is 4.66. The summed E-state index contributed by atoms with van der Waals surface area (Å²) < 4.78 is 1.70. The zero-order valence-corrected chi connectivity index (χ0v) is 13.6. The Morgan fingerprint density at radius 3 is 3.05 bits per heavy atom. The molecular formula is C15H16Cl2N4O. The van der Waals surface area contributed by atoms with Crippen LogP contribution < -0.4 is 5.32 Å². The Labute approximate surface area is 138 Å². The molecule has 0 radical (unpaired) electrons. The second kappa shape index (κ2) is 6.26. The van der Waals surface area contributed by atoms with Crippen LogP contribution in [0.15, 0.2) is 30.9 Å². The summed E-state index contributed by atoms with van der Waals surface area (Å²) in [6.07, 6.45) is 3.92. The van der Waals surface area contributed by atoms with Crippen molar-refractivity contribution in [1.29, 1.82) is 0 Å². The molecule has 0 unspecified atom stereocenters. The molecule has 1 aliphatic carbocycles. The van der Waals surface area contributed by atoms with Gasteiger partial charge in [0, 0.05) is 12.0 Å². The van der Waals surface area contributed by atoms with E-state index in [0.29, 0.717) is 16.6 Å². The minimum Gasteiger partial charge on any atom is -0.352 e. The topological polar surface area (TPSA) is 59.8 Å². The second-order valence-electron chi connectivity index (χ2n) is 5.62. The maximum absolute atomic E-state index is 12.3. The highest BCUT2D eigenvalue weighted by Gasteiger charge is 2.45. The van der Waals surface area contributed by atoms with Crippen LogP contribution in [-0.4, -0.2) is 26.7 Å². The smallest absolute Gasteiger partial charge is 0.224 e. The lowest BCUT2D eigenvalue weighted by atomic mass is 10.1. The van der Waals surface area contributed by atoms with E-state index in [-0.39, 0.29) is 23.8 Å². The normalized spacial score (nSPS) is 21.4. The summed E-state index contributed by atoms with van der Waals surface area (Å²) in [5.41, 5.74) is 0.957. The molecule has 1 heterocycles. The predicted octanol–water partition coefficient (Wildman–Crippen LogP) is 2.89. The third kappa shape index (κ3) is 3.25. The summed E-state index contributed by atoms with van der Waals surface area (Å²) in [5, 5.41) is 8.13. The lowest BCUT2D eigenvalue weighted by molar-refractivity contribution is -0.123. The lowest BCUT2D eigenvalue weighted by Crippen LogP contribution is -2.37. The highest BCUT2D eigenvalue weighted by molar-refractivity contribution is 6.42.